The first-order chi connectivity index (χ1) is 13.6. The van der Waals surface area contributed by atoms with Crippen molar-refractivity contribution in [3.63, 3.8) is 0 Å². The molecule has 0 amide bonds. The van der Waals surface area contributed by atoms with Crippen LogP contribution in [0.4, 0.5) is 11.4 Å². The fourth-order valence-electron chi connectivity index (χ4n) is 2.72. The molecule has 0 aliphatic rings. The number of hydrogen-bond donors (Lipinski definition) is 2. The molecule has 9 nitrogen and oxygen atoms in total. The Morgan fingerprint density at radius 2 is 1.66 bits per heavy atom. The molecule has 2 aromatic carbocycles. The van der Waals surface area contributed by atoms with E-state index < -0.39 is 15.7 Å². The number of methoxy groups -OCH3 is 1. The number of aryl methyl sites for hydroxylation is 3. The highest BCUT2D eigenvalue weighted by atomic mass is 32.2. The van der Waals surface area contributed by atoms with Crippen LogP contribution in [0.3, 0.4) is 0 Å². The molecule has 0 saturated heterocycles. The van der Waals surface area contributed by atoms with Gasteiger partial charge in [0.15, 0.2) is 5.69 Å². The Bertz CT molecular complexity index is 1250. The maximum absolute atomic E-state index is 12.7. The highest BCUT2D eigenvalue weighted by Crippen LogP contribution is 2.32. The van der Waals surface area contributed by atoms with Crippen molar-refractivity contribution in [2.75, 3.05) is 7.11 Å². The van der Waals surface area contributed by atoms with Gasteiger partial charge < -0.3 is 4.74 Å². The SMILES string of the molecule is COc1cc(C)c(C)cc1N=Nc1c(C)[nH]n(-c2ccc(S(=O)(=O)O)cc2)c1=O. The summed E-state index contributed by atoms with van der Waals surface area (Å²) in [7, 11) is -2.77. The average molecular weight is 416 g/mol. The quantitative estimate of drug-likeness (QED) is 0.484. The van der Waals surface area contributed by atoms with Gasteiger partial charge in [0, 0.05) is 0 Å². The molecule has 0 unspecified atom stereocenters. The standard InChI is InChI=1S/C19H20N4O5S/c1-11-9-16(17(28-4)10-12(11)2)20-21-18-13(3)22-23(19(18)24)14-5-7-15(8-6-14)29(25,26)27/h5-10,22H,1-4H3,(H,25,26,27). The van der Waals surface area contributed by atoms with E-state index >= 15 is 0 Å². The Morgan fingerprint density at radius 1 is 1.03 bits per heavy atom. The normalized spacial score (nSPS) is 11.9. The van der Waals surface area contributed by atoms with Gasteiger partial charge >= 0.3 is 0 Å². The number of aromatic amines is 1. The van der Waals surface area contributed by atoms with E-state index in [-0.39, 0.29) is 10.6 Å². The number of nitrogens with zero attached hydrogens (tertiary/aromatic N) is 3. The molecule has 0 aliphatic heterocycles. The van der Waals surface area contributed by atoms with Crippen molar-refractivity contribution in [1.82, 2.24) is 9.78 Å². The third kappa shape index (κ3) is 4.13. The number of H-pyrrole nitrogens is 1. The smallest absolute Gasteiger partial charge is 0.299 e. The summed E-state index contributed by atoms with van der Waals surface area (Å²) >= 11 is 0. The maximum atomic E-state index is 12.7. The van der Waals surface area contributed by atoms with Gasteiger partial charge in [0.25, 0.3) is 15.7 Å². The second kappa shape index (κ2) is 7.64. The van der Waals surface area contributed by atoms with Crippen LogP contribution in [0.1, 0.15) is 16.8 Å². The fraction of sp³-hybridized carbons (Fsp3) is 0.211. The fourth-order valence-corrected chi connectivity index (χ4v) is 3.20. The lowest BCUT2D eigenvalue weighted by Crippen LogP contribution is -2.14. The third-order valence-electron chi connectivity index (χ3n) is 4.49. The highest BCUT2D eigenvalue weighted by Gasteiger charge is 2.14. The second-order valence-corrected chi connectivity index (χ2v) is 7.92. The Labute approximate surface area is 167 Å². The molecule has 1 heterocycles. The van der Waals surface area contributed by atoms with Gasteiger partial charge in [-0.2, -0.15) is 8.42 Å². The van der Waals surface area contributed by atoms with Crippen LogP contribution in [0.15, 0.2) is 56.3 Å². The average Bonchev–Trinajstić information content (AvgIpc) is 2.95. The molecule has 10 heteroatoms. The molecule has 0 atom stereocenters. The van der Waals surface area contributed by atoms with Crippen LogP contribution < -0.4 is 10.3 Å². The van der Waals surface area contributed by atoms with E-state index in [9.17, 15) is 13.2 Å². The van der Waals surface area contributed by atoms with Gasteiger partial charge in [-0.15, -0.1) is 10.2 Å². The summed E-state index contributed by atoms with van der Waals surface area (Å²) in [5, 5.41) is 11.2. The van der Waals surface area contributed by atoms with Crippen molar-refractivity contribution in [2.24, 2.45) is 10.2 Å². The zero-order chi connectivity index (χ0) is 21.3. The number of ether oxygens (including phenoxy) is 1. The summed E-state index contributed by atoms with van der Waals surface area (Å²) in [6.45, 7) is 5.58. The molecular weight excluding hydrogens is 396 g/mol. The summed E-state index contributed by atoms with van der Waals surface area (Å²) in [5.41, 5.74) is 3.10. The number of nitrogens with one attached hydrogen (secondary N) is 1. The highest BCUT2D eigenvalue weighted by molar-refractivity contribution is 7.85. The number of rotatable bonds is 5. The van der Waals surface area contributed by atoms with Crippen LogP contribution in [0.5, 0.6) is 5.75 Å². The van der Waals surface area contributed by atoms with E-state index in [0.717, 1.165) is 11.1 Å². The van der Waals surface area contributed by atoms with Crippen LogP contribution in [0.2, 0.25) is 0 Å². The minimum absolute atomic E-state index is 0.115. The first kappa shape index (κ1) is 20.5. The summed E-state index contributed by atoms with van der Waals surface area (Å²) in [4.78, 5) is 12.5. The molecule has 0 spiro atoms. The van der Waals surface area contributed by atoms with Gasteiger partial charge in [0.2, 0.25) is 0 Å². The van der Waals surface area contributed by atoms with E-state index in [4.69, 9.17) is 9.29 Å². The number of azo groups is 1. The maximum Gasteiger partial charge on any atom is 0.299 e. The van der Waals surface area contributed by atoms with Crippen LogP contribution in [0, 0.1) is 20.8 Å². The van der Waals surface area contributed by atoms with Gasteiger partial charge in [-0.1, -0.05) is 0 Å². The van der Waals surface area contributed by atoms with Crippen LogP contribution in [-0.2, 0) is 10.1 Å². The molecule has 3 rings (SSSR count). The lowest BCUT2D eigenvalue weighted by molar-refractivity contribution is 0.415. The summed E-state index contributed by atoms with van der Waals surface area (Å²) in [5.74, 6) is 0.547. The summed E-state index contributed by atoms with van der Waals surface area (Å²) in [6.07, 6.45) is 0. The summed E-state index contributed by atoms with van der Waals surface area (Å²) < 4.78 is 37.9. The number of aromatic nitrogens is 2. The first-order valence-corrected chi connectivity index (χ1v) is 10.0. The Hall–Kier alpha value is -3.24. The third-order valence-corrected chi connectivity index (χ3v) is 5.35. The Morgan fingerprint density at radius 3 is 2.24 bits per heavy atom. The lowest BCUT2D eigenvalue weighted by Gasteiger charge is -2.07. The molecule has 1 aromatic heterocycles. The molecule has 2 N–H and O–H groups in total. The van der Waals surface area contributed by atoms with Gasteiger partial charge in [0.05, 0.1) is 23.4 Å². The van der Waals surface area contributed by atoms with Gasteiger partial charge in [0.1, 0.15) is 11.4 Å². The lowest BCUT2D eigenvalue weighted by atomic mass is 10.1. The van der Waals surface area contributed by atoms with E-state index in [0.29, 0.717) is 22.8 Å². The van der Waals surface area contributed by atoms with Crippen molar-refractivity contribution in [2.45, 2.75) is 25.7 Å². The van der Waals surface area contributed by atoms with E-state index in [1.165, 1.54) is 36.1 Å². The number of hydrogen-bond acceptors (Lipinski definition) is 6. The first-order valence-electron chi connectivity index (χ1n) is 8.58. The number of benzene rings is 2. The van der Waals surface area contributed by atoms with Crippen LogP contribution in [0.25, 0.3) is 5.69 Å². The van der Waals surface area contributed by atoms with Crippen LogP contribution in [-0.4, -0.2) is 29.9 Å². The zero-order valence-electron chi connectivity index (χ0n) is 16.3. The molecule has 29 heavy (non-hydrogen) atoms. The van der Waals surface area contributed by atoms with Crippen LogP contribution >= 0.6 is 0 Å². The molecule has 3 aromatic rings. The van der Waals surface area contributed by atoms with E-state index in [1.807, 2.05) is 26.0 Å². The molecule has 152 valence electrons. The largest absolute Gasteiger partial charge is 0.494 e. The summed E-state index contributed by atoms with van der Waals surface area (Å²) in [6, 6.07) is 8.87. The molecule has 0 bridgehead atoms. The van der Waals surface area contributed by atoms with Crippen molar-refractivity contribution >= 4 is 21.5 Å². The van der Waals surface area contributed by atoms with Gasteiger partial charge in [-0.3, -0.25) is 14.4 Å². The van der Waals surface area contributed by atoms with Crippen molar-refractivity contribution in [1.29, 1.82) is 0 Å². The van der Waals surface area contributed by atoms with Crippen molar-refractivity contribution in [3.8, 4) is 11.4 Å². The van der Waals surface area contributed by atoms with Gasteiger partial charge in [-0.25, -0.2) is 4.68 Å². The molecule has 0 saturated carbocycles. The predicted octanol–water partition coefficient (Wildman–Crippen LogP) is 3.76. The Kier molecular flexibility index (Phi) is 5.40. The molecule has 0 fully saturated rings. The second-order valence-electron chi connectivity index (χ2n) is 6.50. The Balaban J connectivity index is 2.00. The minimum Gasteiger partial charge on any atom is -0.494 e. The monoisotopic (exact) mass is 416 g/mol. The molecule has 0 aliphatic carbocycles. The van der Waals surface area contributed by atoms with Crippen molar-refractivity contribution < 1.29 is 17.7 Å². The molecular formula is C19H20N4O5S. The molecule has 0 radical (unpaired) electrons. The minimum atomic E-state index is -4.31. The van der Waals surface area contributed by atoms with E-state index in [1.54, 1.807) is 6.92 Å². The van der Waals surface area contributed by atoms with E-state index in [2.05, 4.69) is 15.3 Å². The zero-order valence-corrected chi connectivity index (χ0v) is 17.1. The van der Waals surface area contributed by atoms with Crippen molar-refractivity contribution in [3.05, 3.63) is 63.6 Å². The van der Waals surface area contributed by atoms with Gasteiger partial charge in [-0.05, 0) is 68.3 Å². The predicted molar refractivity (Wildman–Crippen MR) is 108 cm³/mol. The topological polar surface area (TPSA) is 126 Å².